The Morgan fingerprint density at radius 3 is 3.10 bits per heavy atom. The van der Waals surface area contributed by atoms with E-state index in [0.29, 0.717) is 0 Å². The van der Waals surface area contributed by atoms with Crippen molar-refractivity contribution in [3.8, 4) is 0 Å². The Bertz CT molecular complexity index is 110. The molecule has 1 aliphatic rings. The smallest absolute Gasteiger partial charge is 0.209 e. The lowest BCUT2D eigenvalue weighted by Gasteiger charge is -2.15. The number of hydrogen-bond acceptors (Lipinski definition) is 2. The monoisotopic (exact) mass is 143 g/mol. The minimum Gasteiger partial charge on any atom is -0.376 e. The van der Waals surface area contributed by atoms with Crippen molar-refractivity contribution < 1.29 is 9.53 Å². The Balaban J connectivity index is 2.17. The highest BCUT2D eigenvalue weighted by molar-refractivity contribution is 5.46. The molecule has 1 amide bonds. The highest BCUT2D eigenvalue weighted by Crippen LogP contribution is 2.11. The standard InChI is InChI=1S/C7H13NO2/c1-8(6-9)5-7-3-2-4-10-7/h6-7H,2-5H2,1H3. The van der Waals surface area contributed by atoms with Crippen molar-refractivity contribution in [2.75, 3.05) is 20.2 Å². The second kappa shape index (κ2) is 3.56. The first kappa shape index (κ1) is 7.54. The molecule has 1 atom stereocenters. The quantitative estimate of drug-likeness (QED) is 0.530. The largest absolute Gasteiger partial charge is 0.376 e. The van der Waals surface area contributed by atoms with Gasteiger partial charge in [0.15, 0.2) is 0 Å². The number of ether oxygens (including phenoxy) is 1. The van der Waals surface area contributed by atoms with Crippen molar-refractivity contribution in [1.82, 2.24) is 4.90 Å². The first-order valence-corrected chi connectivity index (χ1v) is 3.60. The number of hydrogen-bond donors (Lipinski definition) is 0. The van der Waals surface area contributed by atoms with Crippen molar-refractivity contribution in [1.29, 1.82) is 0 Å². The van der Waals surface area contributed by atoms with Gasteiger partial charge in [0.2, 0.25) is 6.41 Å². The molecular weight excluding hydrogens is 130 g/mol. The van der Waals surface area contributed by atoms with E-state index in [1.807, 2.05) is 0 Å². The van der Waals surface area contributed by atoms with E-state index in [1.165, 1.54) is 0 Å². The van der Waals surface area contributed by atoms with Gasteiger partial charge in [0.1, 0.15) is 0 Å². The van der Waals surface area contributed by atoms with Gasteiger partial charge in [0, 0.05) is 20.2 Å². The number of carbonyl (C=O) groups is 1. The predicted molar refractivity (Wildman–Crippen MR) is 37.7 cm³/mol. The molecule has 1 rings (SSSR count). The van der Waals surface area contributed by atoms with Gasteiger partial charge in [-0.15, -0.1) is 0 Å². The summed E-state index contributed by atoms with van der Waals surface area (Å²) in [5.41, 5.74) is 0. The maximum absolute atomic E-state index is 10.2. The zero-order valence-corrected chi connectivity index (χ0v) is 6.25. The molecule has 0 aromatic carbocycles. The number of amides is 1. The van der Waals surface area contributed by atoms with Crippen LogP contribution in [0.1, 0.15) is 12.8 Å². The van der Waals surface area contributed by atoms with Gasteiger partial charge in [-0.25, -0.2) is 0 Å². The van der Waals surface area contributed by atoms with E-state index in [2.05, 4.69) is 0 Å². The van der Waals surface area contributed by atoms with E-state index < -0.39 is 0 Å². The van der Waals surface area contributed by atoms with E-state index >= 15 is 0 Å². The first-order chi connectivity index (χ1) is 4.83. The average Bonchev–Trinajstić information content (AvgIpc) is 2.40. The average molecular weight is 143 g/mol. The van der Waals surface area contributed by atoms with Gasteiger partial charge in [0.05, 0.1) is 6.10 Å². The van der Waals surface area contributed by atoms with E-state index in [4.69, 9.17) is 4.74 Å². The molecule has 0 aromatic heterocycles. The van der Waals surface area contributed by atoms with Gasteiger partial charge in [0.25, 0.3) is 0 Å². The maximum Gasteiger partial charge on any atom is 0.209 e. The van der Waals surface area contributed by atoms with E-state index in [0.717, 1.165) is 32.4 Å². The highest BCUT2D eigenvalue weighted by atomic mass is 16.5. The Morgan fingerprint density at radius 2 is 2.60 bits per heavy atom. The topological polar surface area (TPSA) is 29.5 Å². The molecule has 0 saturated carbocycles. The van der Waals surface area contributed by atoms with Crippen molar-refractivity contribution in [3.63, 3.8) is 0 Å². The SMILES string of the molecule is CN(C=O)CC1CCCO1. The fraction of sp³-hybridized carbons (Fsp3) is 0.857. The van der Waals surface area contributed by atoms with Crippen LogP contribution in [0.2, 0.25) is 0 Å². The molecule has 0 aromatic rings. The number of carbonyl (C=O) groups excluding carboxylic acids is 1. The van der Waals surface area contributed by atoms with Crippen LogP contribution in [0.25, 0.3) is 0 Å². The molecule has 0 bridgehead atoms. The Hall–Kier alpha value is -0.570. The van der Waals surface area contributed by atoms with Crippen LogP contribution >= 0.6 is 0 Å². The van der Waals surface area contributed by atoms with Crippen molar-refractivity contribution in [2.24, 2.45) is 0 Å². The van der Waals surface area contributed by atoms with E-state index in [9.17, 15) is 4.79 Å². The van der Waals surface area contributed by atoms with Gasteiger partial charge < -0.3 is 9.64 Å². The highest BCUT2D eigenvalue weighted by Gasteiger charge is 2.16. The van der Waals surface area contributed by atoms with Crippen LogP contribution in [-0.4, -0.2) is 37.6 Å². The van der Waals surface area contributed by atoms with Crippen LogP contribution in [0.4, 0.5) is 0 Å². The van der Waals surface area contributed by atoms with Crippen molar-refractivity contribution in [3.05, 3.63) is 0 Å². The van der Waals surface area contributed by atoms with Crippen molar-refractivity contribution in [2.45, 2.75) is 18.9 Å². The molecule has 10 heavy (non-hydrogen) atoms. The van der Waals surface area contributed by atoms with Crippen LogP contribution in [0.5, 0.6) is 0 Å². The van der Waals surface area contributed by atoms with Crippen LogP contribution < -0.4 is 0 Å². The predicted octanol–water partition coefficient (Wildman–Crippen LogP) is 0.254. The molecule has 1 unspecified atom stereocenters. The maximum atomic E-state index is 10.2. The second-order valence-electron chi connectivity index (χ2n) is 2.68. The molecule has 3 nitrogen and oxygen atoms in total. The van der Waals surface area contributed by atoms with Gasteiger partial charge in [-0.3, -0.25) is 4.79 Å². The molecule has 0 spiro atoms. The molecule has 3 heteroatoms. The Morgan fingerprint density at radius 1 is 1.80 bits per heavy atom. The summed E-state index contributed by atoms with van der Waals surface area (Å²) < 4.78 is 5.32. The lowest BCUT2D eigenvalue weighted by molar-refractivity contribution is -0.118. The second-order valence-corrected chi connectivity index (χ2v) is 2.68. The van der Waals surface area contributed by atoms with Crippen LogP contribution in [0.3, 0.4) is 0 Å². The van der Waals surface area contributed by atoms with Gasteiger partial charge in [-0.1, -0.05) is 0 Å². The lowest BCUT2D eigenvalue weighted by Crippen LogP contribution is -2.27. The summed E-state index contributed by atoms with van der Waals surface area (Å²) in [6, 6.07) is 0. The van der Waals surface area contributed by atoms with E-state index in [1.54, 1.807) is 11.9 Å². The number of likely N-dealkylation sites (N-methyl/N-ethyl adjacent to an activating group) is 1. The molecular formula is C7H13NO2. The summed E-state index contributed by atoms with van der Waals surface area (Å²) in [5, 5.41) is 0. The first-order valence-electron chi connectivity index (χ1n) is 3.60. The molecule has 58 valence electrons. The zero-order valence-electron chi connectivity index (χ0n) is 6.25. The van der Waals surface area contributed by atoms with Crippen LogP contribution in [0.15, 0.2) is 0 Å². The molecule has 1 heterocycles. The number of nitrogens with zero attached hydrogens (tertiary/aromatic N) is 1. The fourth-order valence-electron chi connectivity index (χ4n) is 1.15. The zero-order chi connectivity index (χ0) is 7.40. The minimum absolute atomic E-state index is 0.287. The summed E-state index contributed by atoms with van der Waals surface area (Å²) in [6.07, 6.45) is 3.35. The van der Waals surface area contributed by atoms with Gasteiger partial charge in [-0.2, -0.15) is 0 Å². The normalized spacial score (nSPS) is 24.7. The molecule has 1 aliphatic heterocycles. The van der Waals surface area contributed by atoms with E-state index in [-0.39, 0.29) is 6.10 Å². The van der Waals surface area contributed by atoms with Gasteiger partial charge in [-0.05, 0) is 12.8 Å². The molecule has 1 saturated heterocycles. The summed E-state index contributed by atoms with van der Waals surface area (Å²) in [7, 11) is 1.77. The fourth-order valence-corrected chi connectivity index (χ4v) is 1.15. The number of rotatable bonds is 3. The van der Waals surface area contributed by atoms with Crippen LogP contribution in [-0.2, 0) is 9.53 Å². The Kier molecular flexibility index (Phi) is 2.68. The summed E-state index contributed by atoms with van der Waals surface area (Å²) >= 11 is 0. The third-order valence-electron chi connectivity index (χ3n) is 1.70. The Labute approximate surface area is 61.0 Å². The summed E-state index contributed by atoms with van der Waals surface area (Å²) in [5.74, 6) is 0. The molecule has 0 aliphatic carbocycles. The lowest BCUT2D eigenvalue weighted by atomic mass is 10.2. The summed E-state index contributed by atoms with van der Waals surface area (Å²) in [6.45, 7) is 1.60. The van der Waals surface area contributed by atoms with Gasteiger partial charge >= 0.3 is 0 Å². The summed E-state index contributed by atoms with van der Waals surface area (Å²) in [4.78, 5) is 11.8. The third-order valence-corrected chi connectivity index (χ3v) is 1.70. The molecule has 1 fully saturated rings. The minimum atomic E-state index is 0.287. The van der Waals surface area contributed by atoms with Crippen molar-refractivity contribution >= 4 is 6.41 Å². The van der Waals surface area contributed by atoms with Crippen LogP contribution in [0, 0.1) is 0 Å². The molecule has 0 N–H and O–H groups in total. The third kappa shape index (κ3) is 1.99. The molecule has 0 radical (unpaired) electrons.